The van der Waals surface area contributed by atoms with Gasteiger partial charge in [0.2, 0.25) is 0 Å². The quantitative estimate of drug-likeness (QED) is 0.757. The molecule has 0 saturated carbocycles. The van der Waals surface area contributed by atoms with E-state index < -0.39 is 6.10 Å². The van der Waals surface area contributed by atoms with Crippen LogP contribution >= 0.6 is 0 Å². The first-order chi connectivity index (χ1) is 10.2. The summed E-state index contributed by atoms with van der Waals surface area (Å²) in [4.78, 5) is 0. The van der Waals surface area contributed by atoms with Gasteiger partial charge >= 0.3 is 0 Å². The molecule has 3 N–H and O–H groups in total. The minimum atomic E-state index is -0.538. The van der Waals surface area contributed by atoms with Crippen LogP contribution in [0.5, 0.6) is 0 Å². The van der Waals surface area contributed by atoms with Crippen molar-refractivity contribution in [1.82, 2.24) is 0 Å². The zero-order valence-corrected chi connectivity index (χ0v) is 12.3. The molecule has 0 bridgehead atoms. The third-order valence-electron chi connectivity index (χ3n) is 4.11. The SMILES string of the molecule is COCC(N)CC(O)c1ccc2c(c1)Cc1ccccc1-2. The Kier molecular flexibility index (Phi) is 4.06. The molecular formula is C18H21NO2. The lowest BCUT2D eigenvalue weighted by molar-refractivity contribution is 0.122. The summed E-state index contributed by atoms with van der Waals surface area (Å²) in [6, 6.07) is 14.6. The van der Waals surface area contributed by atoms with Crippen molar-refractivity contribution in [2.24, 2.45) is 5.73 Å². The predicted octanol–water partition coefficient (Wildman–Crippen LogP) is 2.66. The minimum absolute atomic E-state index is 0.143. The first-order valence-corrected chi connectivity index (χ1v) is 7.32. The third kappa shape index (κ3) is 2.86. The molecule has 1 aliphatic rings. The number of ether oxygens (including phenoxy) is 1. The second-order valence-corrected chi connectivity index (χ2v) is 5.72. The van der Waals surface area contributed by atoms with Gasteiger partial charge in [0.25, 0.3) is 0 Å². The third-order valence-corrected chi connectivity index (χ3v) is 4.11. The normalized spacial score (nSPS) is 15.4. The molecule has 3 heteroatoms. The lowest BCUT2D eigenvalue weighted by atomic mass is 9.98. The van der Waals surface area contributed by atoms with Crippen molar-refractivity contribution >= 4 is 0 Å². The second kappa shape index (κ2) is 5.98. The minimum Gasteiger partial charge on any atom is -0.388 e. The number of nitrogens with two attached hydrogens (primary N) is 1. The summed E-state index contributed by atoms with van der Waals surface area (Å²) in [7, 11) is 1.62. The molecule has 3 rings (SSSR count). The Labute approximate surface area is 125 Å². The summed E-state index contributed by atoms with van der Waals surface area (Å²) in [5, 5.41) is 10.3. The average Bonchev–Trinajstić information content (AvgIpc) is 2.85. The Morgan fingerprint density at radius 3 is 2.71 bits per heavy atom. The Morgan fingerprint density at radius 1 is 1.14 bits per heavy atom. The molecule has 0 aliphatic heterocycles. The summed E-state index contributed by atoms with van der Waals surface area (Å²) in [5.41, 5.74) is 12.1. The van der Waals surface area contributed by atoms with E-state index in [4.69, 9.17) is 10.5 Å². The number of methoxy groups -OCH3 is 1. The number of rotatable bonds is 5. The van der Waals surface area contributed by atoms with Gasteiger partial charge in [0.1, 0.15) is 0 Å². The van der Waals surface area contributed by atoms with Crippen molar-refractivity contribution in [1.29, 1.82) is 0 Å². The molecule has 0 heterocycles. The van der Waals surface area contributed by atoms with E-state index in [1.54, 1.807) is 7.11 Å². The molecule has 0 fully saturated rings. The average molecular weight is 283 g/mol. The maximum atomic E-state index is 10.3. The molecule has 21 heavy (non-hydrogen) atoms. The number of fused-ring (bicyclic) bond motifs is 3. The van der Waals surface area contributed by atoms with E-state index in [0.717, 1.165) is 12.0 Å². The summed E-state index contributed by atoms with van der Waals surface area (Å²) < 4.78 is 5.02. The van der Waals surface area contributed by atoms with Gasteiger partial charge < -0.3 is 15.6 Å². The van der Waals surface area contributed by atoms with E-state index in [1.165, 1.54) is 22.3 Å². The van der Waals surface area contributed by atoms with Gasteiger partial charge in [-0.05, 0) is 40.7 Å². The number of hydrogen-bond donors (Lipinski definition) is 2. The van der Waals surface area contributed by atoms with E-state index in [1.807, 2.05) is 6.07 Å². The summed E-state index contributed by atoms with van der Waals surface area (Å²) >= 11 is 0. The number of benzene rings is 2. The topological polar surface area (TPSA) is 55.5 Å². The number of aliphatic hydroxyl groups excluding tert-OH is 1. The lowest BCUT2D eigenvalue weighted by Gasteiger charge is -2.17. The molecule has 0 aromatic heterocycles. The van der Waals surface area contributed by atoms with Gasteiger partial charge in [-0.15, -0.1) is 0 Å². The highest BCUT2D eigenvalue weighted by Gasteiger charge is 2.20. The molecule has 2 aromatic rings. The van der Waals surface area contributed by atoms with Crippen molar-refractivity contribution in [2.45, 2.75) is 25.0 Å². The first-order valence-electron chi connectivity index (χ1n) is 7.32. The van der Waals surface area contributed by atoms with Gasteiger partial charge in [0.05, 0.1) is 12.7 Å². The van der Waals surface area contributed by atoms with Gasteiger partial charge in [-0.2, -0.15) is 0 Å². The van der Waals surface area contributed by atoms with Crippen molar-refractivity contribution in [3.8, 4) is 11.1 Å². The van der Waals surface area contributed by atoms with Crippen LogP contribution in [0.1, 0.15) is 29.2 Å². The fraction of sp³-hybridized carbons (Fsp3) is 0.333. The zero-order valence-electron chi connectivity index (χ0n) is 12.3. The van der Waals surface area contributed by atoms with Gasteiger partial charge in [-0.25, -0.2) is 0 Å². The van der Waals surface area contributed by atoms with Crippen LogP contribution in [0.25, 0.3) is 11.1 Å². The van der Waals surface area contributed by atoms with Crippen LogP contribution in [0.3, 0.4) is 0 Å². The molecule has 3 nitrogen and oxygen atoms in total. The lowest BCUT2D eigenvalue weighted by Crippen LogP contribution is -2.27. The molecule has 0 saturated heterocycles. The number of hydrogen-bond acceptors (Lipinski definition) is 3. The van der Waals surface area contributed by atoms with E-state index in [2.05, 4.69) is 36.4 Å². The van der Waals surface area contributed by atoms with Crippen molar-refractivity contribution in [3.05, 3.63) is 59.2 Å². The second-order valence-electron chi connectivity index (χ2n) is 5.72. The van der Waals surface area contributed by atoms with Crippen molar-refractivity contribution < 1.29 is 9.84 Å². The molecule has 0 amide bonds. The highest BCUT2D eigenvalue weighted by atomic mass is 16.5. The van der Waals surface area contributed by atoms with Gasteiger partial charge in [-0.1, -0.05) is 42.5 Å². The smallest absolute Gasteiger partial charge is 0.0805 e. The van der Waals surface area contributed by atoms with Crippen LogP contribution in [-0.2, 0) is 11.2 Å². The van der Waals surface area contributed by atoms with Crippen LogP contribution in [-0.4, -0.2) is 24.9 Å². The summed E-state index contributed by atoms with van der Waals surface area (Å²) in [5.74, 6) is 0. The van der Waals surface area contributed by atoms with Crippen LogP contribution in [0, 0.1) is 0 Å². The molecular weight excluding hydrogens is 262 g/mol. The molecule has 2 atom stereocenters. The highest BCUT2D eigenvalue weighted by molar-refractivity contribution is 5.76. The van der Waals surface area contributed by atoms with E-state index >= 15 is 0 Å². The van der Waals surface area contributed by atoms with Crippen LogP contribution in [0.15, 0.2) is 42.5 Å². The fourth-order valence-corrected chi connectivity index (χ4v) is 3.08. The standard InChI is InChI=1S/C18H21NO2/c1-21-11-15(19)10-18(20)13-6-7-17-14(9-13)8-12-4-2-3-5-16(12)17/h2-7,9,15,18,20H,8,10-11,19H2,1H3. The molecule has 0 radical (unpaired) electrons. The Hall–Kier alpha value is -1.68. The number of aliphatic hydroxyl groups is 1. The fourth-order valence-electron chi connectivity index (χ4n) is 3.08. The van der Waals surface area contributed by atoms with Crippen molar-refractivity contribution in [3.63, 3.8) is 0 Å². The molecule has 2 unspecified atom stereocenters. The highest BCUT2D eigenvalue weighted by Crippen LogP contribution is 2.37. The van der Waals surface area contributed by atoms with Gasteiger partial charge in [0.15, 0.2) is 0 Å². The predicted molar refractivity (Wildman–Crippen MR) is 84.1 cm³/mol. The molecule has 110 valence electrons. The van der Waals surface area contributed by atoms with Gasteiger partial charge in [-0.3, -0.25) is 0 Å². The monoisotopic (exact) mass is 283 g/mol. The van der Waals surface area contributed by atoms with E-state index in [0.29, 0.717) is 13.0 Å². The van der Waals surface area contributed by atoms with Crippen LogP contribution in [0.4, 0.5) is 0 Å². The van der Waals surface area contributed by atoms with E-state index in [9.17, 15) is 5.11 Å². The maximum absolute atomic E-state index is 10.3. The van der Waals surface area contributed by atoms with Crippen LogP contribution in [0.2, 0.25) is 0 Å². The maximum Gasteiger partial charge on any atom is 0.0805 e. The van der Waals surface area contributed by atoms with Crippen molar-refractivity contribution in [2.75, 3.05) is 13.7 Å². The first kappa shape index (κ1) is 14.3. The molecule has 2 aromatic carbocycles. The zero-order chi connectivity index (χ0) is 14.8. The van der Waals surface area contributed by atoms with E-state index in [-0.39, 0.29) is 6.04 Å². The largest absolute Gasteiger partial charge is 0.388 e. The van der Waals surface area contributed by atoms with Crippen LogP contribution < -0.4 is 5.73 Å². The molecule has 1 aliphatic carbocycles. The Morgan fingerprint density at radius 2 is 1.90 bits per heavy atom. The Bertz CT molecular complexity index is 639. The van der Waals surface area contributed by atoms with Gasteiger partial charge in [0, 0.05) is 13.2 Å². The summed E-state index contributed by atoms with van der Waals surface area (Å²) in [6.45, 7) is 0.466. The molecule has 0 spiro atoms. The summed E-state index contributed by atoms with van der Waals surface area (Å²) in [6.07, 6.45) is 0.916. The Balaban J connectivity index is 1.80.